The zero-order valence-electron chi connectivity index (χ0n) is 13.1. The van der Waals surface area contributed by atoms with Crippen LogP contribution in [0.2, 0.25) is 0 Å². The van der Waals surface area contributed by atoms with Crippen LogP contribution < -0.4 is 10.6 Å². The molecule has 0 spiro atoms. The van der Waals surface area contributed by atoms with E-state index in [0.29, 0.717) is 6.42 Å². The number of nitrogens with one attached hydrogen (secondary N) is 2. The van der Waals surface area contributed by atoms with Crippen molar-refractivity contribution in [2.24, 2.45) is 5.92 Å². The number of benzene rings is 2. The number of hydrogen-bond donors (Lipinski definition) is 2. The lowest BCUT2D eigenvalue weighted by Gasteiger charge is -2.38. The molecular weight excluding hydrogens is 300 g/mol. The average molecular weight is 318 g/mol. The maximum atomic E-state index is 12.9. The van der Waals surface area contributed by atoms with Crippen LogP contribution in [-0.2, 0) is 4.79 Å². The quantitative estimate of drug-likeness (QED) is 0.892. The maximum Gasteiger partial charge on any atom is 0.319 e. The van der Waals surface area contributed by atoms with Crippen molar-refractivity contribution in [1.82, 2.24) is 10.6 Å². The Morgan fingerprint density at radius 3 is 2.12 bits per heavy atom. The molecular formula is C20H18N2O2. The molecule has 120 valence electrons. The highest BCUT2D eigenvalue weighted by Crippen LogP contribution is 2.39. The summed E-state index contributed by atoms with van der Waals surface area (Å²) in [5.41, 5.74) is 2.77. The van der Waals surface area contributed by atoms with Crippen molar-refractivity contribution < 1.29 is 9.59 Å². The number of amides is 2. The highest BCUT2D eigenvalue weighted by Gasteiger charge is 2.41. The Kier molecular flexibility index (Phi) is 3.65. The van der Waals surface area contributed by atoms with Crippen LogP contribution in [0.15, 0.2) is 72.4 Å². The highest BCUT2D eigenvalue weighted by molar-refractivity contribution is 5.91. The summed E-state index contributed by atoms with van der Waals surface area (Å²) in [6.07, 6.45) is 2.50. The first-order valence-corrected chi connectivity index (χ1v) is 8.14. The highest BCUT2D eigenvalue weighted by atomic mass is 16.2. The molecule has 1 fully saturated rings. The monoisotopic (exact) mass is 318 g/mol. The van der Waals surface area contributed by atoms with Gasteiger partial charge in [-0.05, 0) is 11.1 Å². The van der Waals surface area contributed by atoms with Gasteiger partial charge in [-0.1, -0.05) is 66.7 Å². The Bertz CT molecular complexity index is 799. The molecule has 1 saturated heterocycles. The topological polar surface area (TPSA) is 58.2 Å². The van der Waals surface area contributed by atoms with E-state index in [1.54, 1.807) is 0 Å². The standard InChI is InChI=1S/C20H18N2O2/c23-17-12-15(13-7-3-1-4-8-13)11-16-18(17)19(22-20(24)21-16)14-9-5-2-6-10-14/h1-11,15,18-19H,12H2,(H2,21,22,24)/t15-,18+,19+/m0/s1. The van der Waals surface area contributed by atoms with Gasteiger partial charge in [0.15, 0.2) is 0 Å². The van der Waals surface area contributed by atoms with Gasteiger partial charge in [0, 0.05) is 18.0 Å². The molecule has 3 atom stereocenters. The summed E-state index contributed by atoms with van der Waals surface area (Å²) in [6.45, 7) is 0. The Morgan fingerprint density at radius 2 is 1.46 bits per heavy atom. The SMILES string of the molecule is O=C1NC2=C[C@H](c3ccccc3)CC(=O)[C@@H]2[C@@H](c2ccccc2)N1. The number of ketones is 1. The summed E-state index contributed by atoms with van der Waals surface area (Å²) in [5, 5.41) is 5.74. The Labute approximate surface area is 140 Å². The molecule has 0 radical (unpaired) electrons. The first kappa shape index (κ1) is 14.7. The lowest BCUT2D eigenvalue weighted by atomic mass is 9.75. The van der Waals surface area contributed by atoms with Gasteiger partial charge in [0.05, 0.1) is 12.0 Å². The third-order valence-corrected chi connectivity index (χ3v) is 4.75. The molecule has 4 nitrogen and oxygen atoms in total. The molecule has 1 aliphatic carbocycles. The summed E-state index contributed by atoms with van der Waals surface area (Å²) in [6, 6.07) is 19.0. The van der Waals surface area contributed by atoms with E-state index >= 15 is 0 Å². The first-order valence-electron chi connectivity index (χ1n) is 8.14. The van der Waals surface area contributed by atoms with Crippen molar-refractivity contribution in [3.63, 3.8) is 0 Å². The molecule has 4 rings (SSSR count). The average Bonchev–Trinajstić information content (AvgIpc) is 2.62. The largest absolute Gasteiger partial charge is 0.330 e. The molecule has 1 aliphatic heterocycles. The minimum Gasteiger partial charge on any atom is -0.330 e. The number of fused-ring (bicyclic) bond motifs is 1. The minimum atomic E-state index is -0.343. The number of urea groups is 1. The molecule has 0 aromatic heterocycles. The molecule has 2 N–H and O–H groups in total. The fourth-order valence-corrected chi connectivity index (χ4v) is 3.62. The van der Waals surface area contributed by atoms with E-state index in [-0.39, 0.29) is 29.7 Å². The van der Waals surface area contributed by atoms with Gasteiger partial charge in [-0.2, -0.15) is 0 Å². The normalized spacial score (nSPS) is 26.0. The van der Waals surface area contributed by atoms with E-state index in [2.05, 4.69) is 10.6 Å². The summed E-state index contributed by atoms with van der Waals surface area (Å²) in [5.74, 6) is -0.174. The predicted molar refractivity (Wildman–Crippen MR) is 91.2 cm³/mol. The second kappa shape index (κ2) is 5.96. The number of allylic oxidation sites excluding steroid dienone is 1. The fourth-order valence-electron chi connectivity index (χ4n) is 3.62. The van der Waals surface area contributed by atoms with Gasteiger partial charge in [-0.3, -0.25) is 4.79 Å². The molecule has 0 saturated carbocycles. The second-order valence-corrected chi connectivity index (χ2v) is 6.27. The Hall–Kier alpha value is -2.88. The zero-order valence-corrected chi connectivity index (χ0v) is 13.1. The number of Topliss-reactive ketones (excluding diaryl/α,β-unsaturated/α-hetero) is 1. The van der Waals surface area contributed by atoms with Crippen molar-refractivity contribution in [3.8, 4) is 0 Å². The van der Waals surface area contributed by atoms with Crippen LogP contribution in [0, 0.1) is 5.92 Å². The smallest absolute Gasteiger partial charge is 0.319 e. The van der Waals surface area contributed by atoms with E-state index in [9.17, 15) is 9.59 Å². The van der Waals surface area contributed by atoms with Gasteiger partial charge in [0.2, 0.25) is 0 Å². The van der Waals surface area contributed by atoms with Gasteiger partial charge in [0.1, 0.15) is 5.78 Å². The molecule has 2 aromatic rings. The van der Waals surface area contributed by atoms with Crippen LogP contribution in [0.5, 0.6) is 0 Å². The van der Waals surface area contributed by atoms with Crippen molar-refractivity contribution in [2.75, 3.05) is 0 Å². The van der Waals surface area contributed by atoms with E-state index in [1.807, 2.05) is 66.7 Å². The molecule has 2 amide bonds. The van der Waals surface area contributed by atoms with Gasteiger partial charge in [-0.15, -0.1) is 0 Å². The minimum absolute atomic E-state index is 0.0137. The van der Waals surface area contributed by atoms with Crippen LogP contribution >= 0.6 is 0 Å². The predicted octanol–water partition coefficient (Wildman–Crippen LogP) is 3.30. The second-order valence-electron chi connectivity index (χ2n) is 6.27. The van der Waals surface area contributed by atoms with Crippen LogP contribution in [0.4, 0.5) is 4.79 Å². The summed E-state index contributed by atoms with van der Waals surface area (Å²) >= 11 is 0. The molecule has 24 heavy (non-hydrogen) atoms. The molecule has 4 heteroatoms. The van der Waals surface area contributed by atoms with Crippen molar-refractivity contribution in [3.05, 3.63) is 83.6 Å². The van der Waals surface area contributed by atoms with Crippen molar-refractivity contribution in [2.45, 2.75) is 18.4 Å². The van der Waals surface area contributed by atoms with Crippen molar-refractivity contribution >= 4 is 11.8 Å². The molecule has 2 aromatic carbocycles. The third kappa shape index (κ3) is 2.60. The Morgan fingerprint density at radius 1 is 0.833 bits per heavy atom. The summed E-state index contributed by atoms with van der Waals surface area (Å²) in [7, 11) is 0. The van der Waals surface area contributed by atoms with Crippen molar-refractivity contribution in [1.29, 1.82) is 0 Å². The maximum absolute atomic E-state index is 12.9. The van der Waals surface area contributed by atoms with E-state index in [0.717, 1.165) is 16.8 Å². The van der Waals surface area contributed by atoms with Gasteiger partial charge >= 0.3 is 6.03 Å². The van der Waals surface area contributed by atoms with Crippen LogP contribution in [0.25, 0.3) is 0 Å². The molecule has 0 bridgehead atoms. The van der Waals surface area contributed by atoms with Gasteiger partial charge in [0.25, 0.3) is 0 Å². The number of hydrogen-bond acceptors (Lipinski definition) is 2. The molecule has 2 aliphatic rings. The summed E-state index contributed by atoms with van der Waals surface area (Å²) < 4.78 is 0. The number of carbonyl (C=O) groups is 2. The lowest BCUT2D eigenvalue weighted by molar-refractivity contribution is -0.123. The van der Waals surface area contributed by atoms with Gasteiger partial charge < -0.3 is 10.6 Å². The van der Waals surface area contributed by atoms with Crippen LogP contribution in [0.3, 0.4) is 0 Å². The fraction of sp³-hybridized carbons (Fsp3) is 0.200. The Balaban J connectivity index is 1.72. The molecule has 0 unspecified atom stereocenters. The first-order chi connectivity index (χ1) is 11.7. The zero-order chi connectivity index (χ0) is 16.5. The van der Waals surface area contributed by atoms with E-state index in [1.165, 1.54) is 0 Å². The lowest BCUT2D eigenvalue weighted by Crippen LogP contribution is -2.52. The van der Waals surface area contributed by atoms with Gasteiger partial charge in [-0.25, -0.2) is 4.79 Å². The number of rotatable bonds is 2. The van der Waals surface area contributed by atoms with E-state index < -0.39 is 0 Å². The number of carbonyl (C=O) groups excluding carboxylic acids is 2. The molecule has 1 heterocycles. The van der Waals surface area contributed by atoms with Crippen LogP contribution in [0.1, 0.15) is 29.5 Å². The van der Waals surface area contributed by atoms with Crippen LogP contribution in [-0.4, -0.2) is 11.8 Å². The third-order valence-electron chi connectivity index (χ3n) is 4.75. The van der Waals surface area contributed by atoms with E-state index in [4.69, 9.17) is 0 Å². The summed E-state index contributed by atoms with van der Waals surface area (Å²) in [4.78, 5) is 24.9.